The number of carboxylic acid groups (broad SMARTS) is 1. The summed E-state index contributed by atoms with van der Waals surface area (Å²) in [4.78, 5) is 36.7. The number of carbonyl (C=O) groups excluding carboxylic acids is 2. The molecule has 1 saturated carbocycles. The van der Waals surface area contributed by atoms with Crippen molar-refractivity contribution in [2.45, 2.75) is 25.2 Å². The van der Waals surface area contributed by atoms with Crippen LogP contribution >= 0.6 is 0 Å². The van der Waals surface area contributed by atoms with E-state index in [1.165, 1.54) is 10.7 Å². The molecule has 0 spiro atoms. The Morgan fingerprint density at radius 3 is 2.26 bits per heavy atom. The van der Waals surface area contributed by atoms with Crippen LogP contribution in [0.15, 0.2) is 54.6 Å². The molecule has 0 saturated heterocycles. The van der Waals surface area contributed by atoms with Gasteiger partial charge in [0.15, 0.2) is 5.69 Å². The van der Waals surface area contributed by atoms with E-state index in [0.717, 1.165) is 28.7 Å². The second-order valence-electron chi connectivity index (χ2n) is 9.11. The Morgan fingerprint density at radius 1 is 1.09 bits per heavy atom. The number of carbonyl (C=O) groups is 3. The molecule has 0 unspecified atom stereocenters. The highest BCUT2D eigenvalue weighted by atomic mass is 16.5. The number of hydrogen-bond donors (Lipinski definition) is 3. The summed E-state index contributed by atoms with van der Waals surface area (Å²) in [5.74, 6) is -1.19. The number of carboxylic acids is 1. The van der Waals surface area contributed by atoms with E-state index in [0.29, 0.717) is 18.7 Å². The van der Waals surface area contributed by atoms with Crippen LogP contribution in [0.5, 0.6) is 0 Å². The maximum Gasteiger partial charge on any atom is 0.407 e. The van der Waals surface area contributed by atoms with Crippen molar-refractivity contribution < 1.29 is 24.2 Å². The number of alkyl carbamates (subject to hydrolysis) is 1. The molecule has 2 aliphatic carbocycles. The zero-order valence-corrected chi connectivity index (χ0v) is 19.3. The van der Waals surface area contributed by atoms with E-state index in [9.17, 15) is 14.4 Å². The van der Waals surface area contributed by atoms with E-state index < -0.39 is 17.5 Å². The molecule has 0 atom stereocenters. The maximum atomic E-state index is 13.0. The molecule has 1 fully saturated rings. The van der Waals surface area contributed by atoms with Crippen LogP contribution in [0.3, 0.4) is 0 Å². The number of ether oxygens (including phenoxy) is 1. The summed E-state index contributed by atoms with van der Waals surface area (Å²) in [6.07, 6.45) is 1.53. The Morgan fingerprint density at radius 2 is 1.71 bits per heavy atom. The summed E-state index contributed by atoms with van der Waals surface area (Å²) >= 11 is 0. The first-order valence-corrected chi connectivity index (χ1v) is 11.6. The van der Waals surface area contributed by atoms with Crippen LogP contribution < -0.4 is 10.6 Å². The van der Waals surface area contributed by atoms with Crippen LogP contribution in [-0.4, -0.2) is 46.0 Å². The van der Waals surface area contributed by atoms with E-state index in [-0.39, 0.29) is 30.7 Å². The van der Waals surface area contributed by atoms with Gasteiger partial charge in [-0.15, -0.1) is 0 Å². The maximum absolute atomic E-state index is 13.0. The fraction of sp³-hybridized carbons (Fsp3) is 0.308. The van der Waals surface area contributed by atoms with Gasteiger partial charge in [0.05, 0.1) is 5.41 Å². The van der Waals surface area contributed by atoms with Crippen LogP contribution in [0, 0.1) is 5.41 Å². The number of aryl methyl sites for hydroxylation is 1. The van der Waals surface area contributed by atoms with E-state index in [2.05, 4.69) is 40.0 Å². The van der Waals surface area contributed by atoms with Crippen LogP contribution in [0.25, 0.3) is 11.1 Å². The number of fused-ring (bicyclic) bond motifs is 3. The minimum Gasteiger partial charge on any atom is -0.476 e. The van der Waals surface area contributed by atoms with Crippen LogP contribution in [0.2, 0.25) is 0 Å². The number of anilines is 1. The van der Waals surface area contributed by atoms with Gasteiger partial charge in [-0.05, 0) is 35.1 Å². The molecule has 1 heterocycles. The second-order valence-corrected chi connectivity index (χ2v) is 9.11. The first-order chi connectivity index (χ1) is 16.9. The summed E-state index contributed by atoms with van der Waals surface area (Å²) in [5.41, 5.74) is 3.66. The fourth-order valence-electron chi connectivity index (χ4n) is 4.92. The van der Waals surface area contributed by atoms with E-state index in [1.54, 1.807) is 7.05 Å². The molecule has 0 radical (unpaired) electrons. The molecule has 0 aliphatic heterocycles. The van der Waals surface area contributed by atoms with Crippen LogP contribution in [0.1, 0.15) is 46.8 Å². The molecule has 9 nitrogen and oxygen atoms in total. The number of amides is 2. The van der Waals surface area contributed by atoms with Gasteiger partial charge in [-0.25, -0.2) is 9.59 Å². The lowest BCUT2D eigenvalue weighted by Gasteiger charge is -2.40. The largest absolute Gasteiger partial charge is 0.476 e. The van der Waals surface area contributed by atoms with Gasteiger partial charge in [-0.2, -0.15) is 5.10 Å². The van der Waals surface area contributed by atoms with Crippen molar-refractivity contribution in [3.05, 3.63) is 71.4 Å². The first kappa shape index (κ1) is 22.6. The van der Waals surface area contributed by atoms with Gasteiger partial charge in [0, 0.05) is 25.6 Å². The third kappa shape index (κ3) is 4.14. The Kier molecular flexibility index (Phi) is 5.76. The molecule has 2 aromatic carbocycles. The molecule has 1 aromatic heterocycles. The molecule has 3 aromatic rings. The van der Waals surface area contributed by atoms with Gasteiger partial charge in [-0.3, -0.25) is 9.48 Å². The van der Waals surface area contributed by atoms with Crippen molar-refractivity contribution in [2.75, 3.05) is 18.5 Å². The van der Waals surface area contributed by atoms with Crippen molar-refractivity contribution in [1.29, 1.82) is 0 Å². The zero-order valence-electron chi connectivity index (χ0n) is 19.3. The van der Waals surface area contributed by atoms with E-state index in [4.69, 9.17) is 9.84 Å². The average Bonchev–Trinajstić information content (AvgIpc) is 3.35. The Hall–Kier alpha value is -4.14. The molecular weight excluding hydrogens is 448 g/mol. The molecule has 2 aliphatic rings. The second kappa shape index (κ2) is 8.90. The van der Waals surface area contributed by atoms with Gasteiger partial charge >= 0.3 is 12.1 Å². The molecule has 3 N–H and O–H groups in total. The molecule has 35 heavy (non-hydrogen) atoms. The monoisotopic (exact) mass is 474 g/mol. The van der Waals surface area contributed by atoms with Crippen molar-refractivity contribution in [3.63, 3.8) is 0 Å². The summed E-state index contributed by atoms with van der Waals surface area (Å²) < 4.78 is 6.90. The van der Waals surface area contributed by atoms with Crippen molar-refractivity contribution in [3.8, 4) is 11.1 Å². The first-order valence-electron chi connectivity index (χ1n) is 11.6. The predicted molar refractivity (Wildman–Crippen MR) is 128 cm³/mol. The highest BCUT2D eigenvalue weighted by Crippen LogP contribution is 2.44. The van der Waals surface area contributed by atoms with E-state index >= 15 is 0 Å². The predicted octanol–water partition coefficient (Wildman–Crippen LogP) is 3.77. The number of hydrogen-bond acceptors (Lipinski definition) is 5. The smallest absolute Gasteiger partial charge is 0.407 e. The number of aromatic carboxylic acids is 1. The van der Waals surface area contributed by atoms with Gasteiger partial charge in [-0.1, -0.05) is 55.0 Å². The van der Waals surface area contributed by atoms with E-state index in [1.807, 2.05) is 24.3 Å². The third-order valence-electron chi connectivity index (χ3n) is 7.05. The number of nitrogens with zero attached hydrogens (tertiary/aromatic N) is 2. The lowest BCUT2D eigenvalue weighted by molar-refractivity contribution is -0.129. The number of rotatable bonds is 7. The van der Waals surface area contributed by atoms with Crippen molar-refractivity contribution >= 4 is 23.8 Å². The minimum absolute atomic E-state index is 0.0395. The lowest BCUT2D eigenvalue weighted by Crippen LogP contribution is -2.50. The molecular formula is C26H26N4O5. The number of aromatic nitrogens is 2. The quantitative estimate of drug-likeness (QED) is 0.479. The summed E-state index contributed by atoms with van der Waals surface area (Å²) in [6.45, 7) is 0.338. The Balaban J connectivity index is 1.20. The van der Waals surface area contributed by atoms with Gasteiger partial charge in [0.2, 0.25) is 5.91 Å². The topological polar surface area (TPSA) is 123 Å². The summed E-state index contributed by atoms with van der Waals surface area (Å²) in [5, 5.41) is 18.5. The van der Waals surface area contributed by atoms with Gasteiger partial charge in [0.25, 0.3) is 0 Å². The fourth-order valence-corrected chi connectivity index (χ4v) is 4.92. The molecule has 9 heteroatoms. The minimum atomic E-state index is -1.17. The standard InChI is InChI=1S/C26H26N4O5/c1-30-22(13-21(29-30)23(31)32)28-24(33)26(11-6-12-26)15-27-25(34)35-14-20-18-9-4-2-7-16(18)17-8-3-5-10-19(17)20/h2-5,7-10,13,20H,6,11-12,14-15H2,1H3,(H,27,34)(H,28,33)(H,31,32). The van der Waals surface area contributed by atoms with Gasteiger partial charge < -0.3 is 20.5 Å². The number of benzene rings is 2. The SMILES string of the molecule is Cn1nc(C(=O)O)cc1NC(=O)C1(CNC(=O)OCC2c3ccccc3-c3ccccc32)CCC1. The van der Waals surface area contributed by atoms with Crippen molar-refractivity contribution in [1.82, 2.24) is 15.1 Å². The molecule has 180 valence electrons. The number of nitrogens with one attached hydrogen (secondary N) is 2. The van der Waals surface area contributed by atoms with Crippen LogP contribution in [0.4, 0.5) is 10.6 Å². The molecule has 2 amide bonds. The summed E-state index contributed by atoms with van der Waals surface area (Å²) in [7, 11) is 1.56. The molecule has 0 bridgehead atoms. The third-order valence-corrected chi connectivity index (χ3v) is 7.05. The van der Waals surface area contributed by atoms with Crippen molar-refractivity contribution in [2.24, 2.45) is 12.5 Å². The lowest BCUT2D eigenvalue weighted by atomic mass is 9.68. The average molecular weight is 475 g/mol. The van der Waals surface area contributed by atoms with Crippen LogP contribution in [-0.2, 0) is 16.6 Å². The Labute approximate surface area is 202 Å². The normalized spacial score (nSPS) is 15.5. The van der Waals surface area contributed by atoms with Gasteiger partial charge in [0.1, 0.15) is 12.4 Å². The summed E-state index contributed by atoms with van der Waals surface area (Å²) in [6, 6.07) is 17.6. The Bertz CT molecular complexity index is 1270. The zero-order chi connectivity index (χ0) is 24.6. The highest BCUT2D eigenvalue weighted by molar-refractivity contribution is 5.97. The molecule has 5 rings (SSSR count). The highest BCUT2D eigenvalue weighted by Gasteiger charge is 2.45.